The van der Waals surface area contributed by atoms with Gasteiger partial charge in [-0.05, 0) is 17.8 Å². The SMILES string of the molecule is C=C/C=C\N(C)Cc1ccccc1. The molecule has 0 aromatic heterocycles. The van der Waals surface area contributed by atoms with Gasteiger partial charge in [0.05, 0.1) is 0 Å². The summed E-state index contributed by atoms with van der Waals surface area (Å²) in [4.78, 5) is 2.12. The van der Waals surface area contributed by atoms with Crippen LogP contribution in [0.2, 0.25) is 0 Å². The highest BCUT2D eigenvalue weighted by molar-refractivity contribution is 5.14. The highest BCUT2D eigenvalue weighted by Crippen LogP contribution is 2.02. The van der Waals surface area contributed by atoms with E-state index < -0.39 is 0 Å². The molecule has 0 saturated heterocycles. The zero-order chi connectivity index (χ0) is 9.52. The van der Waals surface area contributed by atoms with Gasteiger partial charge in [-0.2, -0.15) is 0 Å². The Labute approximate surface area is 80.0 Å². The molecule has 0 atom stereocenters. The quantitative estimate of drug-likeness (QED) is 0.633. The van der Waals surface area contributed by atoms with Gasteiger partial charge in [0, 0.05) is 13.6 Å². The normalized spacial score (nSPS) is 10.2. The predicted molar refractivity (Wildman–Crippen MR) is 57.2 cm³/mol. The summed E-state index contributed by atoms with van der Waals surface area (Å²) in [5.41, 5.74) is 1.32. The molecule has 13 heavy (non-hydrogen) atoms. The zero-order valence-electron chi connectivity index (χ0n) is 7.98. The van der Waals surface area contributed by atoms with Crippen LogP contribution in [0.4, 0.5) is 0 Å². The van der Waals surface area contributed by atoms with E-state index in [1.807, 2.05) is 25.4 Å². The number of allylic oxidation sites excluding steroid dienone is 2. The maximum atomic E-state index is 3.63. The van der Waals surface area contributed by atoms with E-state index in [2.05, 4.69) is 35.7 Å². The Morgan fingerprint density at radius 1 is 1.31 bits per heavy atom. The molecule has 0 aliphatic heterocycles. The van der Waals surface area contributed by atoms with Crippen molar-refractivity contribution in [1.29, 1.82) is 0 Å². The summed E-state index contributed by atoms with van der Waals surface area (Å²) < 4.78 is 0. The largest absolute Gasteiger partial charge is 0.376 e. The van der Waals surface area contributed by atoms with E-state index in [1.54, 1.807) is 6.08 Å². The minimum Gasteiger partial charge on any atom is -0.376 e. The van der Waals surface area contributed by atoms with Crippen LogP contribution in [0.3, 0.4) is 0 Å². The van der Waals surface area contributed by atoms with Crippen LogP contribution < -0.4 is 0 Å². The first-order chi connectivity index (χ1) is 6.33. The highest BCUT2D eigenvalue weighted by Gasteiger charge is 1.92. The maximum Gasteiger partial charge on any atom is 0.0420 e. The topological polar surface area (TPSA) is 3.24 Å². The Morgan fingerprint density at radius 3 is 2.62 bits per heavy atom. The molecule has 1 aromatic rings. The molecular weight excluding hydrogens is 158 g/mol. The van der Waals surface area contributed by atoms with E-state index >= 15 is 0 Å². The monoisotopic (exact) mass is 173 g/mol. The van der Waals surface area contributed by atoms with Crippen molar-refractivity contribution in [1.82, 2.24) is 4.90 Å². The van der Waals surface area contributed by atoms with Gasteiger partial charge in [-0.15, -0.1) is 0 Å². The van der Waals surface area contributed by atoms with Crippen LogP contribution >= 0.6 is 0 Å². The van der Waals surface area contributed by atoms with Crippen LogP contribution in [0, 0.1) is 0 Å². The number of nitrogens with zero attached hydrogens (tertiary/aromatic N) is 1. The lowest BCUT2D eigenvalue weighted by atomic mass is 10.2. The molecule has 1 nitrogen and oxygen atoms in total. The average Bonchev–Trinajstić information content (AvgIpc) is 2.16. The van der Waals surface area contributed by atoms with Crippen LogP contribution in [0.1, 0.15) is 5.56 Å². The molecule has 1 rings (SSSR count). The summed E-state index contributed by atoms with van der Waals surface area (Å²) in [6, 6.07) is 10.4. The molecule has 0 bridgehead atoms. The Balaban J connectivity index is 2.50. The van der Waals surface area contributed by atoms with Crippen molar-refractivity contribution in [2.45, 2.75) is 6.54 Å². The first kappa shape index (κ1) is 9.59. The van der Waals surface area contributed by atoms with Crippen molar-refractivity contribution in [3.63, 3.8) is 0 Å². The third-order valence-corrected chi connectivity index (χ3v) is 1.75. The van der Waals surface area contributed by atoms with Crippen molar-refractivity contribution in [2.24, 2.45) is 0 Å². The Kier molecular flexibility index (Phi) is 3.83. The van der Waals surface area contributed by atoms with E-state index in [0.29, 0.717) is 0 Å². The van der Waals surface area contributed by atoms with E-state index in [4.69, 9.17) is 0 Å². The fourth-order valence-corrected chi connectivity index (χ4v) is 1.13. The van der Waals surface area contributed by atoms with Crippen molar-refractivity contribution < 1.29 is 0 Å². The van der Waals surface area contributed by atoms with Crippen molar-refractivity contribution in [2.75, 3.05) is 7.05 Å². The molecule has 0 N–H and O–H groups in total. The second kappa shape index (κ2) is 5.20. The standard InChI is InChI=1S/C12H15N/c1-3-4-10-13(2)11-12-8-6-5-7-9-12/h3-10H,1,11H2,2H3/b10-4-. The average molecular weight is 173 g/mol. The summed E-state index contributed by atoms with van der Waals surface area (Å²) in [6.45, 7) is 4.56. The lowest BCUT2D eigenvalue weighted by Gasteiger charge is -2.13. The molecule has 1 heteroatoms. The van der Waals surface area contributed by atoms with Gasteiger partial charge in [-0.3, -0.25) is 0 Å². The Bertz CT molecular complexity index is 274. The predicted octanol–water partition coefficient (Wildman–Crippen LogP) is 2.82. The van der Waals surface area contributed by atoms with E-state index in [1.165, 1.54) is 5.56 Å². The first-order valence-corrected chi connectivity index (χ1v) is 4.36. The van der Waals surface area contributed by atoms with Gasteiger partial charge in [0.25, 0.3) is 0 Å². The molecular formula is C12H15N. The van der Waals surface area contributed by atoms with Crippen LogP contribution in [0.25, 0.3) is 0 Å². The molecule has 0 amide bonds. The molecule has 1 aromatic carbocycles. The van der Waals surface area contributed by atoms with Gasteiger partial charge in [-0.1, -0.05) is 43.0 Å². The van der Waals surface area contributed by atoms with E-state index in [9.17, 15) is 0 Å². The van der Waals surface area contributed by atoms with Gasteiger partial charge < -0.3 is 4.90 Å². The number of hydrogen-bond acceptors (Lipinski definition) is 1. The molecule has 0 spiro atoms. The molecule has 0 unspecified atom stereocenters. The van der Waals surface area contributed by atoms with Gasteiger partial charge in [0.2, 0.25) is 0 Å². The summed E-state index contributed by atoms with van der Waals surface area (Å²) in [7, 11) is 2.05. The number of benzene rings is 1. The summed E-state index contributed by atoms with van der Waals surface area (Å²) in [6.07, 6.45) is 5.73. The van der Waals surface area contributed by atoms with Gasteiger partial charge >= 0.3 is 0 Å². The Morgan fingerprint density at radius 2 is 2.00 bits per heavy atom. The second-order valence-electron chi connectivity index (χ2n) is 2.98. The lowest BCUT2D eigenvalue weighted by Crippen LogP contribution is -2.09. The van der Waals surface area contributed by atoms with Crippen LogP contribution in [0.15, 0.2) is 55.3 Å². The van der Waals surface area contributed by atoms with E-state index in [0.717, 1.165) is 6.54 Å². The smallest absolute Gasteiger partial charge is 0.0420 e. The highest BCUT2D eigenvalue weighted by atomic mass is 15.1. The van der Waals surface area contributed by atoms with Crippen molar-refractivity contribution in [3.05, 3.63) is 60.8 Å². The minimum absolute atomic E-state index is 0.936. The lowest BCUT2D eigenvalue weighted by molar-refractivity contribution is 0.451. The number of hydrogen-bond donors (Lipinski definition) is 0. The third-order valence-electron chi connectivity index (χ3n) is 1.75. The maximum absolute atomic E-state index is 3.63. The molecule has 0 aliphatic rings. The fraction of sp³-hybridized carbons (Fsp3) is 0.167. The van der Waals surface area contributed by atoms with Crippen molar-refractivity contribution >= 4 is 0 Å². The zero-order valence-corrected chi connectivity index (χ0v) is 7.98. The van der Waals surface area contributed by atoms with Crippen LogP contribution in [0.5, 0.6) is 0 Å². The summed E-state index contributed by atoms with van der Waals surface area (Å²) >= 11 is 0. The molecule has 0 heterocycles. The minimum atomic E-state index is 0.936. The Hall–Kier alpha value is -1.50. The van der Waals surface area contributed by atoms with Crippen molar-refractivity contribution in [3.8, 4) is 0 Å². The summed E-state index contributed by atoms with van der Waals surface area (Å²) in [5, 5.41) is 0. The molecule has 0 saturated carbocycles. The molecule has 0 aliphatic carbocycles. The van der Waals surface area contributed by atoms with Gasteiger partial charge in [0.15, 0.2) is 0 Å². The number of rotatable bonds is 4. The van der Waals surface area contributed by atoms with Crippen LogP contribution in [-0.4, -0.2) is 11.9 Å². The summed E-state index contributed by atoms with van der Waals surface area (Å²) in [5.74, 6) is 0. The second-order valence-corrected chi connectivity index (χ2v) is 2.98. The first-order valence-electron chi connectivity index (χ1n) is 4.36. The van der Waals surface area contributed by atoms with Gasteiger partial charge in [-0.25, -0.2) is 0 Å². The fourth-order valence-electron chi connectivity index (χ4n) is 1.13. The molecule has 68 valence electrons. The third kappa shape index (κ3) is 3.61. The molecule has 0 fully saturated rings. The molecule has 0 radical (unpaired) electrons. The van der Waals surface area contributed by atoms with E-state index in [-0.39, 0.29) is 0 Å². The van der Waals surface area contributed by atoms with Crippen LogP contribution in [-0.2, 0) is 6.54 Å². The van der Waals surface area contributed by atoms with Gasteiger partial charge in [0.1, 0.15) is 0 Å².